The van der Waals surface area contributed by atoms with E-state index in [0.29, 0.717) is 6.04 Å². The lowest BCUT2D eigenvalue weighted by molar-refractivity contribution is 0.0681. The molecule has 3 rings (SSSR count). The Hall–Kier alpha value is -1.69. The van der Waals surface area contributed by atoms with Gasteiger partial charge in [-0.25, -0.2) is 9.97 Å². The van der Waals surface area contributed by atoms with Crippen molar-refractivity contribution in [3.8, 4) is 0 Å². The number of likely N-dealkylation sites (tertiary alicyclic amines) is 1. The van der Waals surface area contributed by atoms with Crippen LogP contribution in [0.5, 0.6) is 0 Å². The molecule has 0 N–H and O–H groups in total. The van der Waals surface area contributed by atoms with E-state index in [2.05, 4.69) is 21.5 Å². The summed E-state index contributed by atoms with van der Waals surface area (Å²) in [4.78, 5) is 24.3. The molecule has 1 amide bonds. The third-order valence-corrected chi connectivity index (χ3v) is 5.37. The molecule has 0 bridgehead atoms. The summed E-state index contributed by atoms with van der Waals surface area (Å²) in [6, 6.07) is 0.328. The largest absolute Gasteiger partial charge is 0.336 e. The summed E-state index contributed by atoms with van der Waals surface area (Å²) in [5.41, 5.74) is 2.02. The van der Waals surface area contributed by atoms with Gasteiger partial charge < -0.3 is 9.47 Å². The van der Waals surface area contributed by atoms with Gasteiger partial charge in [0, 0.05) is 25.0 Å². The van der Waals surface area contributed by atoms with Gasteiger partial charge in [-0.2, -0.15) is 0 Å². The van der Waals surface area contributed by atoms with Crippen LogP contribution in [0.3, 0.4) is 0 Å². The van der Waals surface area contributed by atoms with Crippen molar-refractivity contribution >= 4 is 17.2 Å². The Morgan fingerprint density at radius 1 is 1.32 bits per heavy atom. The molecule has 0 radical (unpaired) electrons. The molecule has 1 unspecified atom stereocenters. The molecule has 0 spiro atoms. The predicted molar refractivity (Wildman–Crippen MR) is 87.5 cm³/mol. The lowest BCUT2D eigenvalue weighted by atomic mass is 10.0. The number of hydrogen-bond acceptors (Lipinski definition) is 4. The molecule has 6 heteroatoms. The monoisotopic (exact) mass is 318 g/mol. The van der Waals surface area contributed by atoms with Crippen LogP contribution in [0.1, 0.15) is 50.8 Å². The van der Waals surface area contributed by atoms with Crippen molar-refractivity contribution in [3.05, 3.63) is 33.3 Å². The van der Waals surface area contributed by atoms with Crippen LogP contribution in [0.4, 0.5) is 0 Å². The molecule has 3 heterocycles. The summed E-state index contributed by atoms with van der Waals surface area (Å²) >= 11 is 1.50. The fourth-order valence-electron chi connectivity index (χ4n) is 3.34. The van der Waals surface area contributed by atoms with E-state index in [1.165, 1.54) is 17.0 Å². The smallest absolute Gasteiger partial charge is 0.265 e. The molecule has 1 saturated heterocycles. The Balaban J connectivity index is 1.81. The highest BCUT2D eigenvalue weighted by Crippen LogP contribution is 2.27. The number of aryl methyl sites for hydroxylation is 4. The number of nitrogens with zero attached hydrogens (tertiary/aromatic N) is 4. The van der Waals surface area contributed by atoms with Crippen LogP contribution < -0.4 is 0 Å². The van der Waals surface area contributed by atoms with Gasteiger partial charge >= 0.3 is 0 Å². The van der Waals surface area contributed by atoms with E-state index >= 15 is 0 Å². The second kappa shape index (κ2) is 5.83. The zero-order valence-electron chi connectivity index (χ0n) is 13.6. The molecule has 1 aliphatic rings. The topological polar surface area (TPSA) is 51.0 Å². The van der Waals surface area contributed by atoms with Gasteiger partial charge in [-0.05, 0) is 40.5 Å². The molecule has 0 saturated carbocycles. The molecule has 0 aromatic carbocycles. The molecule has 5 nitrogen and oxygen atoms in total. The van der Waals surface area contributed by atoms with E-state index < -0.39 is 0 Å². The van der Waals surface area contributed by atoms with Gasteiger partial charge in [0.15, 0.2) is 0 Å². The summed E-state index contributed by atoms with van der Waals surface area (Å²) in [6.07, 6.45) is 4.04. The van der Waals surface area contributed by atoms with Gasteiger partial charge in [0.2, 0.25) is 0 Å². The molecular weight excluding hydrogens is 296 g/mol. The van der Waals surface area contributed by atoms with Crippen molar-refractivity contribution in [2.24, 2.45) is 0 Å². The van der Waals surface area contributed by atoms with E-state index in [0.717, 1.165) is 47.3 Å². The highest BCUT2D eigenvalue weighted by molar-refractivity contribution is 7.13. The third kappa shape index (κ3) is 2.67. The van der Waals surface area contributed by atoms with Crippen molar-refractivity contribution in [2.75, 3.05) is 13.1 Å². The molecule has 118 valence electrons. The second-order valence-electron chi connectivity index (χ2n) is 6.01. The molecule has 2 aromatic rings. The summed E-state index contributed by atoms with van der Waals surface area (Å²) in [6.45, 7) is 9.57. The Bertz CT molecular complexity index is 684. The second-order valence-corrected chi connectivity index (χ2v) is 7.21. The minimum absolute atomic E-state index is 0.128. The first kappa shape index (κ1) is 15.2. The number of rotatable bonds is 2. The van der Waals surface area contributed by atoms with Crippen molar-refractivity contribution in [1.29, 1.82) is 0 Å². The SMILES string of the molecule is Cc1nc(C)c(C(=O)N2CCCC(n3c(C)cnc3C)C2)s1. The number of piperidine rings is 1. The quantitative estimate of drug-likeness (QED) is 0.855. The molecule has 22 heavy (non-hydrogen) atoms. The number of carbonyl (C=O) groups is 1. The Kier molecular flexibility index (Phi) is 4.04. The van der Waals surface area contributed by atoms with E-state index in [1.54, 1.807) is 0 Å². The van der Waals surface area contributed by atoms with Gasteiger partial charge in [-0.3, -0.25) is 4.79 Å². The maximum atomic E-state index is 12.8. The van der Waals surface area contributed by atoms with E-state index in [4.69, 9.17) is 0 Å². The van der Waals surface area contributed by atoms with E-state index in [1.807, 2.05) is 31.9 Å². The average molecular weight is 318 g/mol. The summed E-state index contributed by atoms with van der Waals surface area (Å²) in [5, 5.41) is 0.954. The van der Waals surface area contributed by atoms with Crippen LogP contribution in [-0.4, -0.2) is 38.4 Å². The van der Waals surface area contributed by atoms with E-state index in [-0.39, 0.29) is 5.91 Å². The molecule has 1 fully saturated rings. The molecule has 1 aliphatic heterocycles. The fourth-order valence-corrected chi connectivity index (χ4v) is 4.23. The summed E-state index contributed by atoms with van der Waals surface area (Å²) < 4.78 is 2.27. The summed E-state index contributed by atoms with van der Waals surface area (Å²) in [7, 11) is 0. The minimum Gasteiger partial charge on any atom is -0.336 e. The number of carbonyl (C=O) groups excluding carboxylic acids is 1. The maximum Gasteiger partial charge on any atom is 0.265 e. The Morgan fingerprint density at radius 2 is 2.09 bits per heavy atom. The lowest BCUT2D eigenvalue weighted by Gasteiger charge is -2.34. The highest BCUT2D eigenvalue weighted by Gasteiger charge is 2.28. The number of imidazole rings is 1. The Morgan fingerprint density at radius 3 is 2.68 bits per heavy atom. The highest BCUT2D eigenvalue weighted by atomic mass is 32.1. The normalized spacial score (nSPS) is 18.7. The summed E-state index contributed by atoms with van der Waals surface area (Å²) in [5.74, 6) is 1.16. The van der Waals surface area contributed by atoms with Crippen molar-refractivity contribution in [3.63, 3.8) is 0 Å². The molecule has 2 aromatic heterocycles. The van der Waals surface area contributed by atoms with Gasteiger partial charge in [-0.15, -0.1) is 11.3 Å². The first-order valence-electron chi connectivity index (χ1n) is 7.71. The number of amides is 1. The Labute approximate surface area is 135 Å². The predicted octanol–water partition coefficient (Wildman–Crippen LogP) is 3.05. The average Bonchev–Trinajstić information content (AvgIpc) is 3.00. The maximum absolute atomic E-state index is 12.8. The zero-order chi connectivity index (χ0) is 15.9. The molecular formula is C16H22N4OS. The van der Waals surface area contributed by atoms with Crippen molar-refractivity contribution in [2.45, 2.75) is 46.6 Å². The fraction of sp³-hybridized carbons (Fsp3) is 0.562. The number of aromatic nitrogens is 3. The van der Waals surface area contributed by atoms with Crippen LogP contribution in [-0.2, 0) is 0 Å². The van der Waals surface area contributed by atoms with Gasteiger partial charge in [-0.1, -0.05) is 0 Å². The van der Waals surface area contributed by atoms with Crippen molar-refractivity contribution < 1.29 is 4.79 Å². The van der Waals surface area contributed by atoms with Crippen molar-refractivity contribution in [1.82, 2.24) is 19.4 Å². The number of thiazole rings is 1. The van der Waals surface area contributed by atoms with Crippen LogP contribution in [0.15, 0.2) is 6.20 Å². The number of hydrogen-bond donors (Lipinski definition) is 0. The van der Waals surface area contributed by atoms with Crippen LogP contribution >= 0.6 is 11.3 Å². The van der Waals surface area contributed by atoms with Crippen LogP contribution in [0.2, 0.25) is 0 Å². The first-order valence-corrected chi connectivity index (χ1v) is 8.52. The third-order valence-electron chi connectivity index (χ3n) is 4.31. The van der Waals surface area contributed by atoms with Gasteiger partial charge in [0.05, 0.1) is 16.7 Å². The lowest BCUT2D eigenvalue weighted by Crippen LogP contribution is -2.41. The zero-order valence-corrected chi connectivity index (χ0v) is 14.4. The first-order chi connectivity index (χ1) is 10.5. The molecule has 0 aliphatic carbocycles. The van der Waals surface area contributed by atoms with Crippen LogP contribution in [0, 0.1) is 27.7 Å². The minimum atomic E-state index is 0.128. The van der Waals surface area contributed by atoms with Gasteiger partial charge in [0.1, 0.15) is 10.7 Å². The standard InChI is InChI=1S/C16H22N4OS/c1-10-8-17-12(3)20(10)14-6-5-7-19(9-14)16(21)15-11(2)18-13(4)22-15/h8,14H,5-7,9H2,1-4H3. The van der Waals surface area contributed by atoms with E-state index in [9.17, 15) is 4.79 Å². The molecule has 1 atom stereocenters. The van der Waals surface area contributed by atoms with Crippen LogP contribution in [0.25, 0.3) is 0 Å². The van der Waals surface area contributed by atoms with Gasteiger partial charge in [0.25, 0.3) is 5.91 Å².